The Morgan fingerprint density at radius 3 is 2.53 bits per heavy atom. The second kappa shape index (κ2) is 5.86. The predicted molar refractivity (Wildman–Crippen MR) is 64.5 cm³/mol. The van der Waals surface area contributed by atoms with Gasteiger partial charge in [0.2, 0.25) is 0 Å². The fourth-order valence-electron chi connectivity index (χ4n) is 1.31. The van der Waals surface area contributed by atoms with Gasteiger partial charge in [0.05, 0.1) is 17.7 Å². The highest BCUT2D eigenvalue weighted by Crippen LogP contribution is 2.18. The number of aromatic nitrogens is 2. The highest BCUT2D eigenvalue weighted by molar-refractivity contribution is 5.60. The Kier molecular flexibility index (Phi) is 4.41. The molecule has 0 bridgehead atoms. The molecule has 0 unspecified atom stereocenters. The number of rotatable bonds is 2. The normalized spacial score (nSPS) is 9.00. The molecule has 0 atom stereocenters. The molecule has 15 heavy (non-hydrogen) atoms. The molecule has 1 aromatic carbocycles. The molecular formula is C12H17N3. The van der Waals surface area contributed by atoms with Gasteiger partial charge in [-0.05, 0) is 12.1 Å². The molecule has 0 fully saturated rings. The lowest BCUT2D eigenvalue weighted by atomic mass is 10.2. The van der Waals surface area contributed by atoms with Crippen molar-refractivity contribution >= 4 is 5.69 Å². The van der Waals surface area contributed by atoms with Crippen LogP contribution in [0.3, 0.4) is 0 Å². The van der Waals surface area contributed by atoms with Crippen LogP contribution in [0.5, 0.6) is 0 Å². The minimum Gasteiger partial charge on any atom is -0.386 e. The van der Waals surface area contributed by atoms with E-state index in [0.29, 0.717) is 0 Å². The lowest BCUT2D eigenvalue weighted by Gasteiger charge is -2.08. The molecule has 0 spiro atoms. The maximum absolute atomic E-state index is 4.01. The van der Waals surface area contributed by atoms with Gasteiger partial charge in [0, 0.05) is 19.4 Å². The molecule has 3 heteroatoms. The summed E-state index contributed by atoms with van der Waals surface area (Å²) in [6, 6.07) is 8.10. The van der Waals surface area contributed by atoms with Gasteiger partial charge in [0.15, 0.2) is 0 Å². The van der Waals surface area contributed by atoms with Crippen molar-refractivity contribution in [1.29, 1.82) is 0 Å². The third-order valence-electron chi connectivity index (χ3n) is 1.96. The van der Waals surface area contributed by atoms with Crippen LogP contribution in [-0.4, -0.2) is 16.6 Å². The van der Waals surface area contributed by atoms with Gasteiger partial charge >= 0.3 is 0 Å². The lowest BCUT2D eigenvalue weighted by Crippen LogP contribution is -1.97. The van der Waals surface area contributed by atoms with E-state index in [9.17, 15) is 0 Å². The zero-order chi connectivity index (χ0) is 11.1. The molecular weight excluding hydrogens is 186 g/mol. The molecule has 2 rings (SSSR count). The van der Waals surface area contributed by atoms with Crippen LogP contribution in [-0.2, 0) is 0 Å². The first-order chi connectivity index (χ1) is 7.42. The average Bonchev–Trinajstić information content (AvgIpc) is 2.85. The van der Waals surface area contributed by atoms with E-state index in [1.807, 2.05) is 55.9 Å². The van der Waals surface area contributed by atoms with Gasteiger partial charge in [0.25, 0.3) is 0 Å². The lowest BCUT2D eigenvalue weighted by molar-refractivity contribution is 1.06. The second-order valence-corrected chi connectivity index (χ2v) is 2.74. The van der Waals surface area contributed by atoms with Gasteiger partial charge in [0.1, 0.15) is 0 Å². The molecule has 0 aliphatic carbocycles. The van der Waals surface area contributed by atoms with Crippen molar-refractivity contribution < 1.29 is 0 Å². The Morgan fingerprint density at radius 2 is 1.93 bits per heavy atom. The van der Waals surface area contributed by atoms with E-state index in [1.165, 1.54) is 0 Å². The summed E-state index contributed by atoms with van der Waals surface area (Å²) < 4.78 is 1.98. The second-order valence-electron chi connectivity index (χ2n) is 2.74. The molecule has 0 amide bonds. The van der Waals surface area contributed by atoms with Crippen LogP contribution in [0.4, 0.5) is 5.69 Å². The quantitative estimate of drug-likeness (QED) is 0.813. The van der Waals surface area contributed by atoms with Crippen LogP contribution in [0.25, 0.3) is 5.69 Å². The zero-order valence-electron chi connectivity index (χ0n) is 9.44. The monoisotopic (exact) mass is 203 g/mol. The number of nitrogens with one attached hydrogen (secondary N) is 1. The summed E-state index contributed by atoms with van der Waals surface area (Å²) >= 11 is 0. The summed E-state index contributed by atoms with van der Waals surface area (Å²) in [4.78, 5) is 4.01. The Balaban J connectivity index is 0.000000531. The van der Waals surface area contributed by atoms with E-state index in [-0.39, 0.29) is 0 Å². The van der Waals surface area contributed by atoms with Gasteiger partial charge in [-0.25, -0.2) is 4.98 Å². The largest absolute Gasteiger partial charge is 0.386 e. The number of nitrogens with zero attached hydrogens (tertiary/aromatic N) is 2. The third-order valence-corrected chi connectivity index (χ3v) is 1.96. The van der Waals surface area contributed by atoms with Crippen LogP contribution in [0, 0.1) is 0 Å². The van der Waals surface area contributed by atoms with Crippen molar-refractivity contribution in [2.24, 2.45) is 0 Å². The SMILES string of the molecule is CC.CNc1ccccc1-n1ccnc1. The Labute approximate surface area is 90.8 Å². The minimum atomic E-state index is 1.10. The van der Waals surface area contributed by atoms with Crippen molar-refractivity contribution in [1.82, 2.24) is 9.55 Å². The van der Waals surface area contributed by atoms with Gasteiger partial charge < -0.3 is 9.88 Å². The number of para-hydroxylation sites is 2. The average molecular weight is 203 g/mol. The molecule has 1 heterocycles. The summed E-state index contributed by atoms with van der Waals surface area (Å²) in [6.45, 7) is 4.00. The zero-order valence-corrected chi connectivity index (χ0v) is 9.44. The molecule has 80 valence electrons. The van der Waals surface area contributed by atoms with Crippen LogP contribution >= 0.6 is 0 Å². The topological polar surface area (TPSA) is 29.9 Å². The number of imidazole rings is 1. The fraction of sp³-hybridized carbons (Fsp3) is 0.250. The molecule has 0 saturated carbocycles. The molecule has 0 aliphatic heterocycles. The third kappa shape index (κ3) is 2.59. The van der Waals surface area contributed by atoms with Crippen LogP contribution in [0.1, 0.15) is 13.8 Å². The highest BCUT2D eigenvalue weighted by atomic mass is 15.0. The van der Waals surface area contributed by atoms with E-state index < -0.39 is 0 Å². The van der Waals surface area contributed by atoms with E-state index in [0.717, 1.165) is 11.4 Å². The summed E-state index contributed by atoms with van der Waals surface area (Å²) in [5.41, 5.74) is 2.21. The Bertz CT molecular complexity index is 380. The van der Waals surface area contributed by atoms with Gasteiger partial charge in [-0.1, -0.05) is 26.0 Å². The first-order valence-electron chi connectivity index (χ1n) is 5.17. The van der Waals surface area contributed by atoms with Crippen molar-refractivity contribution in [2.45, 2.75) is 13.8 Å². The van der Waals surface area contributed by atoms with E-state index in [1.54, 1.807) is 12.5 Å². The van der Waals surface area contributed by atoms with Crippen molar-refractivity contribution in [3.63, 3.8) is 0 Å². The number of benzene rings is 1. The van der Waals surface area contributed by atoms with Crippen molar-refractivity contribution in [3.05, 3.63) is 43.0 Å². The first-order valence-corrected chi connectivity index (χ1v) is 5.17. The maximum atomic E-state index is 4.01. The number of hydrogen-bond acceptors (Lipinski definition) is 2. The van der Waals surface area contributed by atoms with Crippen LogP contribution < -0.4 is 5.32 Å². The number of anilines is 1. The summed E-state index contributed by atoms with van der Waals surface area (Å²) in [5.74, 6) is 0. The van der Waals surface area contributed by atoms with Gasteiger partial charge in [-0.15, -0.1) is 0 Å². The predicted octanol–water partition coefficient (Wildman–Crippen LogP) is 2.94. The standard InChI is InChI=1S/C10H11N3.C2H6/c1-11-9-4-2-3-5-10(9)13-7-6-12-8-13;1-2/h2-8,11H,1H3;1-2H3. The summed E-state index contributed by atoms with van der Waals surface area (Å²) in [7, 11) is 1.91. The molecule has 1 aromatic heterocycles. The number of hydrogen-bond donors (Lipinski definition) is 1. The minimum absolute atomic E-state index is 1.10. The van der Waals surface area contributed by atoms with E-state index >= 15 is 0 Å². The molecule has 0 radical (unpaired) electrons. The van der Waals surface area contributed by atoms with E-state index in [4.69, 9.17) is 0 Å². The molecule has 2 aromatic rings. The Morgan fingerprint density at radius 1 is 1.20 bits per heavy atom. The maximum Gasteiger partial charge on any atom is 0.0992 e. The highest BCUT2D eigenvalue weighted by Gasteiger charge is 1.99. The molecule has 0 aliphatic rings. The van der Waals surface area contributed by atoms with Crippen molar-refractivity contribution in [3.8, 4) is 5.69 Å². The van der Waals surface area contributed by atoms with Crippen LogP contribution in [0.2, 0.25) is 0 Å². The van der Waals surface area contributed by atoms with E-state index in [2.05, 4.69) is 10.3 Å². The first kappa shape index (κ1) is 11.3. The summed E-state index contributed by atoms with van der Waals surface area (Å²) in [6.07, 6.45) is 5.48. The van der Waals surface area contributed by atoms with Gasteiger partial charge in [-0.3, -0.25) is 0 Å². The fourth-order valence-corrected chi connectivity index (χ4v) is 1.31. The molecule has 3 nitrogen and oxygen atoms in total. The Hall–Kier alpha value is -1.77. The van der Waals surface area contributed by atoms with Crippen molar-refractivity contribution in [2.75, 3.05) is 12.4 Å². The molecule has 0 saturated heterocycles. The smallest absolute Gasteiger partial charge is 0.0992 e. The molecule has 1 N–H and O–H groups in total. The summed E-state index contributed by atoms with van der Waals surface area (Å²) in [5, 5.41) is 3.14. The van der Waals surface area contributed by atoms with Gasteiger partial charge in [-0.2, -0.15) is 0 Å². The van der Waals surface area contributed by atoms with Crippen LogP contribution in [0.15, 0.2) is 43.0 Å².